The Morgan fingerprint density at radius 1 is 0.793 bits per heavy atom. The minimum absolute atomic E-state index is 0. The highest BCUT2D eigenvalue weighted by molar-refractivity contribution is 7.79. The van der Waals surface area contributed by atoms with Gasteiger partial charge in [0, 0.05) is 79.1 Å². The number of rotatable bonds is 13. The van der Waals surface area contributed by atoms with E-state index in [0.717, 1.165) is 72.5 Å². The first-order valence-corrected chi connectivity index (χ1v) is 29.1. The number of nitrogens with zero attached hydrogens (tertiary/aromatic N) is 8. The average molecular weight is 1250 g/mol. The second-order valence-electron chi connectivity index (χ2n) is 22.2. The molecule has 3 fully saturated rings. The van der Waals surface area contributed by atoms with Crippen molar-refractivity contribution in [2.24, 2.45) is 17.6 Å². The van der Waals surface area contributed by atoms with E-state index in [1.165, 1.54) is 25.3 Å². The lowest BCUT2D eigenvalue weighted by Gasteiger charge is -2.42. The molecule has 4 aromatic heterocycles. The lowest BCUT2D eigenvalue weighted by molar-refractivity contribution is -0.247. The lowest BCUT2D eigenvalue weighted by Crippen LogP contribution is -2.53. The number of imidazole rings is 2. The molecule has 468 valence electrons. The molecule has 6 aromatic rings. The Labute approximate surface area is 502 Å². The number of phenols is 2. The molecule has 0 amide bonds. The standard InChI is InChI=1S/C27H29NO11.2C14H18N6O.ClH.H2O4S/c1-10-22(31)13(28)6-17(38-10)39-15-8-27(36,16(30)9-29)7-12-19(15)26(35)21-20(24(12)33)23(32)11-4-3-5-14(37-2)18(11)25(21)34;2*15-14-18-12(17-9-2-3-9)11-13(19-14)20(7-16-11)10-4-1-8(5-10)6-21;;1-5(2,3)4/h3-5,10,13,15,17,22,29,31,33,35-36H,6-9,28H2,1-2H3;2*1,4,7-10,21H,2-3,5-6H2,(H3,15,17,18,19);1H;(H2,1,2,3,4)/t10-,13-,15-,17-,22+,27-;2*8-,10+;;/m011../s1. The topological polar surface area (TPSA) is 484 Å². The summed E-state index contributed by atoms with van der Waals surface area (Å²) in [7, 11) is -3.34. The second-order valence-corrected chi connectivity index (χ2v) is 23.1. The van der Waals surface area contributed by atoms with Gasteiger partial charge in [0.2, 0.25) is 17.7 Å². The Morgan fingerprint density at radius 2 is 1.31 bits per heavy atom. The number of aliphatic hydroxyl groups is 5. The molecule has 30 nitrogen and oxygen atoms in total. The summed E-state index contributed by atoms with van der Waals surface area (Å²) in [5.74, 6) is -1.41. The molecule has 10 atom stereocenters. The molecule has 5 heterocycles. The maximum atomic E-state index is 13.6. The van der Waals surface area contributed by atoms with Gasteiger partial charge in [0.15, 0.2) is 51.8 Å². The zero-order chi connectivity index (χ0) is 61.7. The quantitative estimate of drug-likeness (QED) is 0.0446. The number of hydrogen-bond acceptors (Lipinski definition) is 26. The maximum absolute atomic E-state index is 13.6. The third-order valence-electron chi connectivity index (χ3n) is 16.0. The number of fused-ring (bicyclic) bond motifs is 5. The van der Waals surface area contributed by atoms with Crippen molar-refractivity contribution in [3.8, 4) is 17.2 Å². The van der Waals surface area contributed by atoms with E-state index in [-0.39, 0.29) is 95.9 Å². The molecule has 2 aromatic carbocycles. The van der Waals surface area contributed by atoms with Crippen LogP contribution in [0.25, 0.3) is 22.3 Å². The molecule has 1 aliphatic heterocycles. The highest BCUT2D eigenvalue weighted by Gasteiger charge is 2.50. The maximum Gasteiger partial charge on any atom is 0.394 e. The van der Waals surface area contributed by atoms with Crippen molar-refractivity contribution in [2.75, 3.05) is 49.0 Å². The molecule has 0 bridgehead atoms. The van der Waals surface area contributed by atoms with Crippen molar-refractivity contribution in [2.45, 2.75) is 125 Å². The van der Waals surface area contributed by atoms with Crippen molar-refractivity contribution < 1.29 is 81.9 Å². The first-order chi connectivity index (χ1) is 40.9. The molecule has 32 heteroatoms. The number of aromatic nitrogens is 8. The number of benzene rings is 2. The molecule has 0 spiro atoms. The smallest absolute Gasteiger partial charge is 0.394 e. The summed E-state index contributed by atoms with van der Waals surface area (Å²) in [5.41, 5.74) is 17.1. The molecule has 1 saturated heterocycles. The van der Waals surface area contributed by atoms with Crippen molar-refractivity contribution >= 4 is 86.0 Å². The summed E-state index contributed by atoms with van der Waals surface area (Å²) in [4.78, 5) is 65.9. The molecular formula is C55H68ClN13O17S. The number of allylic oxidation sites excluding steroid dienone is 2. The van der Waals surface area contributed by atoms with Crippen LogP contribution < -0.4 is 32.6 Å². The van der Waals surface area contributed by atoms with Gasteiger partial charge in [-0.25, -0.2) is 9.97 Å². The van der Waals surface area contributed by atoms with Gasteiger partial charge in [-0.3, -0.25) is 23.5 Å². The van der Waals surface area contributed by atoms with Crippen LogP contribution in [0.4, 0.5) is 23.5 Å². The number of Topliss-reactive ketones (excluding diaryl/α,β-unsaturated/α-hetero) is 1. The molecule has 7 aliphatic rings. The minimum Gasteiger partial charge on any atom is -0.507 e. The fraction of sp³-hybridized carbons (Fsp3) is 0.473. The van der Waals surface area contributed by atoms with Crippen LogP contribution >= 0.6 is 12.4 Å². The summed E-state index contributed by atoms with van der Waals surface area (Å²) in [5, 5.41) is 78.9. The number of nitrogens with one attached hydrogen (secondary N) is 2. The Morgan fingerprint density at radius 3 is 1.77 bits per heavy atom. The number of phenolic OH excluding ortho intramolecular Hbond substituents is 2. The number of hydrogen-bond donors (Lipinski definition) is 14. The molecule has 17 N–H and O–H groups in total. The van der Waals surface area contributed by atoms with Crippen LogP contribution in [0.3, 0.4) is 0 Å². The fourth-order valence-electron chi connectivity index (χ4n) is 11.3. The van der Waals surface area contributed by atoms with Crippen LogP contribution in [-0.2, 0) is 31.1 Å². The van der Waals surface area contributed by atoms with E-state index in [9.17, 15) is 50.1 Å². The van der Waals surface area contributed by atoms with E-state index in [4.69, 9.17) is 48.9 Å². The van der Waals surface area contributed by atoms with Gasteiger partial charge in [0.1, 0.15) is 29.5 Å². The Hall–Kier alpha value is -7.53. The van der Waals surface area contributed by atoms with Gasteiger partial charge in [0.25, 0.3) is 0 Å². The van der Waals surface area contributed by atoms with E-state index >= 15 is 0 Å². The molecule has 6 aliphatic carbocycles. The summed E-state index contributed by atoms with van der Waals surface area (Å²) in [6, 6.07) is 4.93. The second kappa shape index (κ2) is 25.7. The monoisotopic (exact) mass is 1250 g/mol. The van der Waals surface area contributed by atoms with Gasteiger partial charge in [-0.1, -0.05) is 36.4 Å². The highest BCUT2D eigenvalue weighted by Crippen LogP contribution is 2.53. The lowest BCUT2D eigenvalue weighted by atomic mass is 9.72. The molecule has 13 rings (SSSR count). The van der Waals surface area contributed by atoms with Gasteiger partial charge in [0.05, 0.1) is 66.9 Å². The SMILES string of the molecule is COc1cccc2c1C(=O)c1c(O)c3c(c(O)c1C2=O)C[C@@](O)(C(=O)CO)C[C@@H]3O[C@H]1C[C@H](N)[C@H](O)[C@H](C)O1.Cl.Nc1nc(NC2CC2)c2ncn([C@H]3C=C[C@@H](CO)C3)c2n1.Nc1nc(NC2CC2)c2ncn([C@H]3C=C[C@@H](CO)C3)c2n1.O=S(=O)(O)O. The van der Waals surface area contributed by atoms with Gasteiger partial charge in [-0.15, -0.1) is 12.4 Å². The van der Waals surface area contributed by atoms with Crippen LogP contribution in [0.15, 0.2) is 55.2 Å². The Balaban J connectivity index is 0.000000159. The van der Waals surface area contributed by atoms with Crippen LogP contribution in [0.1, 0.15) is 119 Å². The predicted octanol–water partition coefficient (Wildman–Crippen LogP) is 1.95. The largest absolute Gasteiger partial charge is 0.507 e. The van der Waals surface area contributed by atoms with Gasteiger partial charge in [-0.05, 0) is 51.5 Å². The number of ketones is 3. The highest BCUT2D eigenvalue weighted by atomic mass is 35.5. The van der Waals surface area contributed by atoms with Crippen molar-refractivity contribution in [3.05, 3.63) is 88.5 Å². The number of nitrogens with two attached hydrogens (primary N) is 3. The number of methoxy groups -OCH3 is 1. The van der Waals surface area contributed by atoms with Gasteiger partial charge >= 0.3 is 10.4 Å². The normalized spacial score (nSPS) is 26.0. The van der Waals surface area contributed by atoms with Gasteiger partial charge < -0.3 is 86.9 Å². The van der Waals surface area contributed by atoms with Crippen LogP contribution in [0.5, 0.6) is 17.2 Å². The summed E-state index contributed by atoms with van der Waals surface area (Å²) in [6.07, 6.45) is 13.1. The van der Waals surface area contributed by atoms with Crippen LogP contribution in [-0.4, -0.2) is 179 Å². The number of halogens is 1. The first kappa shape index (κ1) is 64.0. The molecular weight excluding hydrogens is 1180 g/mol. The van der Waals surface area contributed by atoms with Crippen molar-refractivity contribution in [1.29, 1.82) is 0 Å². The molecule has 2 saturated carbocycles. The number of carbonyl (C=O) groups excluding carboxylic acids is 3. The molecule has 0 radical (unpaired) electrons. The molecule has 0 unspecified atom stereocenters. The van der Waals surface area contributed by atoms with E-state index in [1.807, 2.05) is 21.3 Å². The minimum atomic E-state index is -4.67. The number of nitrogen functional groups attached to an aromatic ring is 2. The van der Waals surface area contributed by atoms with E-state index < -0.39 is 106 Å². The summed E-state index contributed by atoms with van der Waals surface area (Å²) < 4.78 is 52.6. The number of carbonyl (C=O) groups is 3. The van der Waals surface area contributed by atoms with E-state index in [0.29, 0.717) is 12.1 Å². The number of ether oxygens (including phenoxy) is 3. The Kier molecular flexibility index (Phi) is 18.9. The zero-order valence-electron chi connectivity index (χ0n) is 46.9. The number of aromatic hydroxyl groups is 2. The third kappa shape index (κ3) is 13.5. The van der Waals surface area contributed by atoms with Crippen LogP contribution in [0, 0.1) is 11.8 Å². The first-order valence-electron chi connectivity index (χ1n) is 27.7. The number of anilines is 4. The average Bonchev–Trinajstić information content (AvgIpc) is 1.76. The Bertz CT molecular complexity index is 3640. The zero-order valence-corrected chi connectivity index (χ0v) is 48.6. The van der Waals surface area contributed by atoms with Crippen LogP contribution in [0.2, 0.25) is 0 Å². The molecule has 87 heavy (non-hydrogen) atoms. The third-order valence-corrected chi connectivity index (χ3v) is 16.0. The van der Waals surface area contributed by atoms with E-state index in [1.54, 1.807) is 19.6 Å². The van der Waals surface area contributed by atoms with E-state index in [2.05, 4.69) is 52.7 Å². The summed E-state index contributed by atoms with van der Waals surface area (Å²) >= 11 is 0. The van der Waals surface area contributed by atoms with Crippen molar-refractivity contribution in [1.82, 2.24) is 39.0 Å². The van der Waals surface area contributed by atoms with Crippen molar-refractivity contribution in [3.63, 3.8) is 0 Å². The number of aliphatic hydroxyl groups excluding tert-OH is 4. The fourth-order valence-corrected chi connectivity index (χ4v) is 11.3. The predicted molar refractivity (Wildman–Crippen MR) is 313 cm³/mol. The van der Waals surface area contributed by atoms with Gasteiger partial charge in [-0.2, -0.15) is 28.4 Å². The summed E-state index contributed by atoms with van der Waals surface area (Å²) in [6.45, 7) is 0.903.